The summed E-state index contributed by atoms with van der Waals surface area (Å²) in [4.78, 5) is 0. The Morgan fingerprint density at radius 1 is 0.378 bits per heavy atom. The summed E-state index contributed by atoms with van der Waals surface area (Å²) < 4.78 is 27.0. The van der Waals surface area contributed by atoms with E-state index in [0.29, 0.717) is 50.1 Å². The molecule has 0 aromatic carbocycles. The zero-order valence-corrected chi connectivity index (χ0v) is 27.6. The number of hydrogen-bond donors (Lipinski definition) is 0. The van der Waals surface area contributed by atoms with E-state index in [1.165, 1.54) is 77.0 Å². The normalized spacial score (nSPS) is 15.6. The molecule has 0 aromatic heterocycles. The molecule has 0 saturated heterocycles. The molecule has 0 aliphatic rings. The summed E-state index contributed by atoms with van der Waals surface area (Å²) in [6, 6.07) is 0. The van der Waals surface area contributed by atoms with E-state index in [1.54, 1.807) is 0 Å². The smallest absolute Gasteiger partial charge is 0.351 e. The molecule has 0 bridgehead atoms. The van der Waals surface area contributed by atoms with Gasteiger partial charge in [0.25, 0.3) is 0 Å². The molecular weight excluding hydrogens is 476 g/mol. The van der Waals surface area contributed by atoms with E-state index in [-0.39, 0.29) is 0 Å². The van der Waals surface area contributed by atoms with Crippen LogP contribution in [-0.2, 0) is 17.7 Å². The summed E-state index contributed by atoms with van der Waals surface area (Å²) in [6.45, 7) is 20.9. The third-order valence-corrected chi connectivity index (χ3v) is 10.2. The van der Waals surface area contributed by atoms with Gasteiger partial charge in [-0.1, -0.05) is 132 Å². The van der Waals surface area contributed by atoms with Gasteiger partial charge in [-0.25, -0.2) is 0 Å². The highest BCUT2D eigenvalue weighted by Gasteiger charge is 2.47. The van der Waals surface area contributed by atoms with Crippen LogP contribution < -0.4 is 0 Å². The van der Waals surface area contributed by atoms with Gasteiger partial charge in [0, 0.05) is 26.4 Å². The molecule has 0 aliphatic heterocycles. The Balaban J connectivity index is 5.79. The highest BCUT2D eigenvalue weighted by atomic mass is 28.4. The van der Waals surface area contributed by atoms with E-state index in [1.807, 2.05) is 0 Å². The van der Waals surface area contributed by atoms with Crippen LogP contribution in [0.2, 0.25) is 0 Å². The Kier molecular flexibility index (Phi) is 25.1. The van der Waals surface area contributed by atoms with E-state index < -0.39 is 9.05 Å². The minimum atomic E-state index is -3.27. The molecule has 5 heteroatoms. The summed E-state index contributed by atoms with van der Waals surface area (Å²) >= 11 is 0. The van der Waals surface area contributed by atoms with E-state index in [9.17, 15) is 0 Å². The molecule has 0 aliphatic carbocycles. The molecule has 4 atom stereocenters. The van der Waals surface area contributed by atoms with Crippen LogP contribution in [0.3, 0.4) is 0 Å². The van der Waals surface area contributed by atoms with Crippen molar-refractivity contribution in [3.05, 3.63) is 0 Å². The number of hydrogen-bond acceptors (Lipinski definition) is 4. The van der Waals surface area contributed by atoms with Crippen molar-refractivity contribution in [2.24, 2.45) is 23.7 Å². The van der Waals surface area contributed by atoms with Crippen LogP contribution in [0.1, 0.15) is 158 Å². The van der Waals surface area contributed by atoms with Gasteiger partial charge in [0.05, 0.1) is 0 Å². The third kappa shape index (κ3) is 18.1. The van der Waals surface area contributed by atoms with Crippen LogP contribution >= 0.6 is 0 Å². The van der Waals surface area contributed by atoms with Crippen LogP contribution in [0.5, 0.6) is 0 Å². The lowest BCUT2D eigenvalue weighted by atomic mass is 10.0. The van der Waals surface area contributed by atoms with Gasteiger partial charge < -0.3 is 17.7 Å². The SMILES string of the molecule is CCCC[C@@H](CC)CO[Si](OC[C@@H](CC)CCCC)(OC[C@@H](CC)CCCC)OC[C@@H](CC)CCCC. The van der Waals surface area contributed by atoms with E-state index >= 15 is 0 Å². The lowest BCUT2D eigenvalue weighted by molar-refractivity contribution is -0.0612. The molecule has 37 heavy (non-hydrogen) atoms. The Morgan fingerprint density at radius 3 is 0.757 bits per heavy atom. The first kappa shape index (κ1) is 37.1. The van der Waals surface area contributed by atoms with E-state index in [0.717, 1.165) is 25.7 Å². The Bertz CT molecular complexity index is 390. The fraction of sp³-hybridized carbons (Fsp3) is 1.00. The van der Waals surface area contributed by atoms with Gasteiger partial charge in [-0.2, -0.15) is 0 Å². The van der Waals surface area contributed by atoms with Gasteiger partial charge in [0.2, 0.25) is 0 Å². The first-order chi connectivity index (χ1) is 18.0. The number of unbranched alkanes of at least 4 members (excludes halogenated alkanes) is 4. The second-order valence-corrected chi connectivity index (χ2v) is 13.6. The van der Waals surface area contributed by atoms with Crippen LogP contribution in [0.25, 0.3) is 0 Å². The Hall–Kier alpha value is 0.0569. The molecule has 0 rings (SSSR count). The van der Waals surface area contributed by atoms with Crippen molar-refractivity contribution in [2.75, 3.05) is 26.4 Å². The van der Waals surface area contributed by atoms with Crippen molar-refractivity contribution in [2.45, 2.75) is 158 Å². The monoisotopic (exact) mass is 544 g/mol. The molecule has 0 saturated carbocycles. The molecule has 0 heterocycles. The highest BCUT2D eigenvalue weighted by Crippen LogP contribution is 2.25. The quantitative estimate of drug-likeness (QED) is 0.0918. The predicted molar refractivity (Wildman–Crippen MR) is 163 cm³/mol. The molecule has 0 radical (unpaired) electrons. The van der Waals surface area contributed by atoms with Crippen molar-refractivity contribution in [3.63, 3.8) is 0 Å². The van der Waals surface area contributed by atoms with Crippen LogP contribution in [0.15, 0.2) is 0 Å². The summed E-state index contributed by atoms with van der Waals surface area (Å²) in [7, 11) is -3.27. The lowest BCUT2D eigenvalue weighted by Crippen LogP contribution is -2.52. The minimum Gasteiger partial charge on any atom is -0.351 e. The van der Waals surface area contributed by atoms with Crippen molar-refractivity contribution in [1.29, 1.82) is 0 Å². The average molecular weight is 545 g/mol. The van der Waals surface area contributed by atoms with E-state index in [4.69, 9.17) is 17.7 Å². The molecule has 0 unspecified atom stereocenters. The van der Waals surface area contributed by atoms with Crippen molar-refractivity contribution in [1.82, 2.24) is 0 Å². The maximum atomic E-state index is 6.75. The Labute approximate surface area is 234 Å². The van der Waals surface area contributed by atoms with Crippen LogP contribution in [0, 0.1) is 23.7 Å². The first-order valence-electron chi connectivity index (χ1n) is 16.5. The summed E-state index contributed by atoms with van der Waals surface area (Å²) in [5.74, 6) is 2.14. The highest BCUT2D eigenvalue weighted by molar-refractivity contribution is 6.53. The third-order valence-electron chi connectivity index (χ3n) is 8.16. The molecule has 0 amide bonds. The fourth-order valence-electron chi connectivity index (χ4n) is 4.72. The van der Waals surface area contributed by atoms with Gasteiger partial charge in [-0.3, -0.25) is 0 Å². The maximum Gasteiger partial charge on any atom is 0.679 e. The fourth-order valence-corrected chi connectivity index (χ4v) is 6.98. The summed E-state index contributed by atoms with van der Waals surface area (Å²) in [5, 5.41) is 0. The van der Waals surface area contributed by atoms with Crippen molar-refractivity contribution in [3.8, 4) is 0 Å². The van der Waals surface area contributed by atoms with Crippen molar-refractivity contribution < 1.29 is 17.7 Å². The van der Waals surface area contributed by atoms with Gasteiger partial charge >= 0.3 is 9.05 Å². The maximum absolute atomic E-state index is 6.75. The summed E-state index contributed by atoms with van der Waals surface area (Å²) in [5.41, 5.74) is 0. The lowest BCUT2D eigenvalue weighted by Gasteiger charge is -2.33. The molecule has 4 nitrogen and oxygen atoms in total. The molecule has 0 N–H and O–H groups in total. The molecule has 0 spiro atoms. The predicted octanol–water partition coefficient (Wildman–Crippen LogP) is 10.4. The minimum absolute atomic E-state index is 0.536. The molecular formula is C32H68O4Si. The molecule has 0 aromatic rings. The second-order valence-electron chi connectivity index (χ2n) is 11.4. The van der Waals surface area contributed by atoms with Gasteiger partial charge in [-0.15, -0.1) is 0 Å². The Morgan fingerprint density at radius 2 is 0.595 bits per heavy atom. The summed E-state index contributed by atoms with van der Waals surface area (Å²) in [6.07, 6.45) is 19.2. The van der Waals surface area contributed by atoms with Gasteiger partial charge in [0.15, 0.2) is 0 Å². The van der Waals surface area contributed by atoms with Crippen LogP contribution in [0.4, 0.5) is 0 Å². The second kappa shape index (κ2) is 25.1. The molecule has 0 fully saturated rings. The molecule has 224 valence electrons. The van der Waals surface area contributed by atoms with E-state index in [2.05, 4.69) is 55.4 Å². The first-order valence-corrected chi connectivity index (χ1v) is 18.2. The average Bonchev–Trinajstić information content (AvgIpc) is 2.93. The van der Waals surface area contributed by atoms with Crippen LogP contribution in [-0.4, -0.2) is 35.5 Å². The van der Waals surface area contributed by atoms with Crippen molar-refractivity contribution >= 4 is 9.05 Å². The zero-order valence-electron chi connectivity index (χ0n) is 26.6. The topological polar surface area (TPSA) is 36.9 Å². The van der Waals surface area contributed by atoms with Gasteiger partial charge in [-0.05, 0) is 49.4 Å². The number of rotatable bonds is 28. The van der Waals surface area contributed by atoms with Gasteiger partial charge in [0.1, 0.15) is 0 Å². The largest absolute Gasteiger partial charge is 0.679 e. The standard InChI is InChI=1S/C32H68O4Si/c1-9-17-21-29(13-5)25-33-37(34-26-30(14-6)22-18-10-2,35-27-31(15-7)23-19-11-3)36-28-32(16-8)24-20-12-4/h29-32H,9-28H2,1-8H3/t29-,30-,31-,32+/m0/s1. The zero-order chi connectivity index (χ0) is 27.8.